The number of aryl methyl sites for hydroxylation is 1. The molecule has 0 aromatic carbocycles. The van der Waals surface area contributed by atoms with E-state index in [1.165, 1.54) is 12.8 Å². The van der Waals surface area contributed by atoms with Crippen LogP contribution in [-0.2, 0) is 11.2 Å². The summed E-state index contributed by atoms with van der Waals surface area (Å²) in [7, 11) is 1.70. The van der Waals surface area contributed by atoms with Crippen LogP contribution in [0.15, 0.2) is 6.20 Å². The standard InChI is InChI=1S/C18H27NO2/c1-5-6-14-7-8-17(20)15(9-14)10-16-13(3)18(21-4)12(2)11-19-16/h11,14-15H,5-10H2,1-4H3. The van der Waals surface area contributed by atoms with Gasteiger partial charge in [0.25, 0.3) is 0 Å². The predicted molar refractivity (Wildman–Crippen MR) is 84.7 cm³/mol. The number of carbonyl (C=O) groups is 1. The lowest BCUT2D eigenvalue weighted by Crippen LogP contribution is -2.27. The maximum atomic E-state index is 12.2. The molecule has 0 amide bonds. The summed E-state index contributed by atoms with van der Waals surface area (Å²) in [5.41, 5.74) is 3.16. The number of hydrogen-bond acceptors (Lipinski definition) is 3. The largest absolute Gasteiger partial charge is 0.496 e. The van der Waals surface area contributed by atoms with Crippen molar-refractivity contribution in [3.8, 4) is 5.75 Å². The summed E-state index contributed by atoms with van der Waals surface area (Å²) in [6.07, 6.45) is 7.93. The zero-order valence-corrected chi connectivity index (χ0v) is 13.7. The summed E-state index contributed by atoms with van der Waals surface area (Å²) in [5, 5.41) is 0. The van der Waals surface area contributed by atoms with Crippen molar-refractivity contribution in [2.75, 3.05) is 7.11 Å². The molecule has 21 heavy (non-hydrogen) atoms. The van der Waals surface area contributed by atoms with Crippen molar-refractivity contribution in [1.29, 1.82) is 0 Å². The van der Waals surface area contributed by atoms with E-state index >= 15 is 0 Å². The summed E-state index contributed by atoms with van der Waals surface area (Å²) < 4.78 is 5.47. The highest BCUT2D eigenvalue weighted by Crippen LogP contribution is 2.33. The predicted octanol–water partition coefficient (Wildman–Crippen LogP) is 4.04. The number of pyridine rings is 1. The lowest BCUT2D eigenvalue weighted by molar-refractivity contribution is -0.125. The first-order chi connectivity index (χ1) is 10.1. The highest BCUT2D eigenvalue weighted by atomic mass is 16.5. The Labute approximate surface area is 128 Å². The minimum absolute atomic E-state index is 0.147. The molecule has 1 heterocycles. The maximum Gasteiger partial charge on any atom is 0.136 e. The van der Waals surface area contributed by atoms with Crippen LogP contribution in [0, 0.1) is 25.7 Å². The van der Waals surface area contributed by atoms with E-state index in [4.69, 9.17) is 4.74 Å². The Kier molecular flexibility index (Phi) is 5.38. The number of hydrogen-bond donors (Lipinski definition) is 0. The van der Waals surface area contributed by atoms with Gasteiger partial charge in [-0.3, -0.25) is 9.78 Å². The minimum Gasteiger partial charge on any atom is -0.496 e. The van der Waals surface area contributed by atoms with Gasteiger partial charge in [0.2, 0.25) is 0 Å². The van der Waals surface area contributed by atoms with E-state index in [9.17, 15) is 4.79 Å². The van der Waals surface area contributed by atoms with E-state index in [2.05, 4.69) is 11.9 Å². The number of Topliss-reactive ketones (excluding diaryl/α,β-unsaturated/α-hetero) is 1. The molecule has 0 bridgehead atoms. The van der Waals surface area contributed by atoms with Crippen LogP contribution in [0.1, 0.15) is 55.8 Å². The second-order valence-corrected chi connectivity index (χ2v) is 6.34. The van der Waals surface area contributed by atoms with Crippen molar-refractivity contribution >= 4 is 5.78 Å². The van der Waals surface area contributed by atoms with Crippen LogP contribution in [0.3, 0.4) is 0 Å². The molecule has 2 rings (SSSR count). The van der Waals surface area contributed by atoms with Crippen molar-refractivity contribution in [3.05, 3.63) is 23.0 Å². The Balaban J connectivity index is 2.15. The lowest BCUT2D eigenvalue weighted by atomic mass is 9.76. The molecule has 0 spiro atoms. The van der Waals surface area contributed by atoms with Gasteiger partial charge in [0.15, 0.2) is 0 Å². The van der Waals surface area contributed by atoms with Gasteiger partial charge in [-0.2, -0.15) is 0 Å². The van der Waals surface area contributed by atoms with E-state index in [0.717, 1.165) is 48.3 Å². The molecule has 0 N–H and O–H groups in total. The van der Waals surface area contributed by atoms with Crippen molar-refractivity contribution in [2.24, 2.45) is 11.8 Å². The van der Waals surface area contributed by atoms with E-state index < -0.39 is 0 Å². The normalized spacial score (nSPS) is 22.4. The number of carbonyl (C=O) groups excluding carboxylic acids is 1. The second-order valence-electron chi connectivity index (χ2n) is 6.34. The molecule has 3 nitrogen and oxygen atoms in total. The van der Waals surface area contributed by atoms with Gasteiger partial charge in [0, 0.05) is 35.4 Å². The molecule has 1 aliphatic rings. The van der Waals surface area contributed by atoms with Crippen LogP contribution in [-0.4, -0.2) is 17.9 Å². The smallest absolute Gasteiger partial charge is 0.136 e. The van der Waals surface area contributed by atoms with Gasteiger partial charge in [-0.15, -0.1) is 0 Å². The van der Waals surface area contributed by atoms with Gasteiger partial charge in [-0.05, 0) is 39.0 Å². The summed E-state index contributed by atoms with van der Waals surface area (Å²) in [6.45, 7) is 6.28. The third-order valence-electron chi connectivity index (χ3n) is 4.76. The Bertz CT molecular complexity index is 510. The fourth-order valence-corrected chi connectivity index (χ4v) is 3.58. The van der Waals surface area contributed by atoms with E-state index in [1.807, 2.05) is 20.0 Å². The van der Waals surface area contributed by atoms with Crippen LogP contribution in [0.4, 0.5) is 0 Å². The molecule has 116 valence electrons. The lowest BCUT2D eigenvalue weighted by Gasteiger charge is -2.28. The topological polar surface area (TPSA) is 39.2 Å². The van der Waals surface area contributed by atoms with Crippen LogP contribution in [0.2, 0.25) is 0 Å². The highest BCUT2D eigenvalue weighted by Gasteiger charge is 2.29. The molecule has 1 aromatic rings. The van der Waals surface area contributed by atoms with Crippen LogP contribution in [0.25, 0.3) is 0 Å². The fraction of sp³-hybridized carbons (Fsp3) is 0.667. The molecule has 1 aromatic heterocycles. The third kappa shape index (κ3) is 3.63. The van der Waals surface area contributed by atoms with Gasteiger partial charge >= 0.3 is 0 Å². The molecule has 2 unspecified atom stereocenters. The highest BCUT2D eigenvalue weighted by molar-refractivity contribution is 5.82. The zero-order valence-electron chi connectivity index (χ0n) is 13.7. The fourth-order valence-electron chi connectivity index (χ4n) is 3.58. The van der Waals surface area contributed by atoms with E-state index in [0.29, 0.717) is 11.7 Å². The van der Waals surface area contributed by atoms with Crippen molar-refractivity contribution in [3.63, 3.8) is 0 Å². The summed E-state index contributed by atoms with van der Waals surface area (Å²) in [6, 6.07) is 0. The summed E-state index contributed by atoms with van der Waals surface area (Å²) in [5.74, 6) is 2.19. The van der Waals surface area contributed by atoms with Gasteiger partial charge < -0.3 is 4.74 Å². The Morgan fingerprint density at radius 3 is 2.81 bits per heavy atom. The first kappa shape index (κ1) is 16.0. The molecular formula is C18H27NO2. The van der Waals surface area contributed by atoms with Crippen LogP contribution < -0.4 is 4.74 Å². The SMILES string of the molecule is CCCC1CCC(=O)C(Cc2ncc(C)c(OC)c2C)C1. The first-order valence-electron chi connectivity index (χ1n) is 8.08. The van der Waals surface area contributed by atoms with E-state index in [-0.39, 0.29) is 5.92 Å². The number of ether oxygens (including phenoxy) is 1. The number of methoxy groups -OCH3 is 1. The average Bonchev–Trinajstić information content (AvgIpc) is 2.46. The first-order valence-corrected chi connectivity index (χ1v) is 8.08. The monoisotopic (exact) mass is 289 g/mol. The van der Waals surface area contributed by atoms with E-state index in [1.54, 1.807) is 7.11 Å². The Morgan fingerprint density at radius 2 is 2.14 bits per heavy atom. The molecule has 1 fully saturated rings. The molecule has 0 aliphatic heterocycles. The molecule has 0 radical (unpaired) electrons. The van der Waals surface area contributed by atoms with Crippen LogP contribution in [0.5, 0.6) is 5.75 Å². The van der Waals surface area contributed by atoms with Crippen molar-refractivity contribution < 1.29 is 9.53 Å². The van der Waals surface area contributed by atoms with Gasteiger partial charge in [0.05, 0.1) is 7.11 Å². The Morgan fingerprint density at radius 1 is 1.38 bits per heavy atom. The number of rotatable bonds is 5. The number of ketones is 1. The molecule has 2 atom stereocenters. The van der Waals surface area contributed by atoms with Crippen molar-refractivity contribution in [2.45, 2.75) is 59.3 Å². The minimum atomic E-state index is 0.147. The molecular weight excluding hydrogens is 262 g/mol. The number of nitrogens with zero attached hydrogens (tertiary/aromatic N) is 1. The van der Waals surface area contributed by atoms with Gasteiger partial charge in [-0.25, -0.2) is 0 Å². The zero-order chi connectivity index (χ0) is 15.4. The summed E-state index contributed by atoms with van der Waals surface area (Å²) in [4.78, 5) is 16.8. The van der Waals surface area contributed by atoms with Crippen molar-refractivity contribution in [1.82, 2.24) is 4.98 Å². The molecule has 0 saturated heterocycles. The maximum absolute atomic E-state index is 12.2. The quantitative estimate of drug-likeness (QED) is 0.821. The molecule has 1 saturated carbocycles. The van der Waals surface area contributed by atoms with Crippen LogP contribution >= 0.6 is 0 Å². The summed E-state index contributed by atoms with van der Waals surface area (Å²) >= 11 is 0. The van der Waals surface area contributed by atoms with Gasteiger partial charge in [0.1, 0.15) is 11.5 Å². The molecule has 3 heteroatoms. The average molecular weight is 289 g/mol. The number of aromatic nitrogens is 1. The van der Waals surface area contributed by atoms with Gasteiger partial charge in [-0.1, -0.05) is 19.8 Å². The third-order valence-corrected chi connectivity index (χ3v) is 4.76. The molecule has 1 aliphatic carbocycles. The Hall–Kier alpha value is -1.38. The second kappa shape index (κ2) is 7.06.